The van der Waals surface area contributed by atoms with Crippen LogP contribution >= 0.6 is 34.8 Å². The van der Waals surface area contributed by atoms with Crippen LogP contribution in [0.25, 0.3) is 0 Å². The number of hydrogen-bond donors (Lipinski definition) is 2. The second-order valence-electron chi connectivity index (χ2n) is 8.54. The first-order valence-electron chi connectivity index (χ1n) is 10.8. The lowest BCUT2D eigenvalue weighted by Crippen LogP contribution is -2.52. The second-order valence-corrected chi connectivity index (χ2v) is 9.82. The molecule has 1 fully saturated rings. The number of hydrogen-bond acceptors (Lipinski definition) is 5. The van der Waals surface area contributed by atoms with Gasteiger partial charge in [-0.15, -0.1) is 0 Å². The van der Waals surface area contributed by atoms with E-state index in [1.807, 2.05) is 36.4 Å². The molecular weight excluding hydrogens is 481 g/mol. The van der Waals surface area contributed by atoms with E-state index in [1.165, 1.54) is 0 Å². The van der Waals surface area contributed by atoms with Crippen molar-refractivity contribution in [1.82, 2.24) is 9.88 Å². The Morgan fingerprint density at radius 1 is 1.00 bits per heavy atom. The molecule has 0 aliphatic carbocycles. The van der Waals surface area contributed by atoms with E-state index in [2.05, 4.69) is 14.8 Å². The third kappa shape index (κ3) is 5.62. The fourth-order valence-corrected chi connectivity index (χ4v) is 4.98. The molecule has 1 saturated heterocycles. The van der Waals surface area contributed by atoms with Gasteiger partial charge in [0.05, 0.1) is 34.7 Å². The summed E-state index contributed by atoms with van der Waals surface area (Å²) in [6, 6.07) is 18.7. The predicted molar refractivity (Wildman–Crippen MR) is 134 cm³/mol. The Labute approximate surface area is 209 Å². The zero-order chi connectivity index (χ0) is 23.6. The van der Waals surface area contributed by atoms with Crippen molar-refractivity contribution in [3.63, 3.8) is 0 Å². The molecule has 8 heteroatoms. The van der Waals surface area contributed by atoms with Crippen LogP contribution in [0.3, 0.4) is 0 Å². The molecule has 3 aromatic rings. The zero-order valence-electron chi connectivity index (χ0n) is 18.3. The highest BCUT2D eigenvalue weighted by Crippen LogP contribution is 2.37. The van der Waals surface area contributed by atoms with Crippen molar-refractivity contribution < 1.29 is 10.2 Å². The molecule has 0 spiro atoms. The van der Waals surface area contributed by atoms with E-state index in [0.29, 0.717) is 39.5 Å². The van der Waals surface area contributed by atoms with Gasteiger partial charge in [0, 0.05) is 36.2 Å². The predicted octanol–water partition coefficient (Wildman–Crippen LogP) is 5.31. The molecule has 1 aromatic heterocycles. The molecule has 0 bridgehead atoms. The van der Waals surface area contributed by atoms with E-state index < -0.39 is 5.60 Å². The van der Waals surface area contributed by atoms with Gasteiger partial charge in [-0.3, -0.25) is 9.88 Å². The van der Waals surface area contributed by atoms with Gasteiger partial charge >= 0.3 is 0 Å². The van der Waals surface area contributed by atoms with Crippen LogP contribution in [0, 0.1) is 0 Å². The van der Waals surface area contributed by atoms with Crippen LogP contribution < -0.4 is 4.90 Å². The second kappa shape index (κ2) is 10.2. The highest BCUT2D eigenvalue weighted by atomic mass is 35.5. The number of aliphatic hydroxyl groups excluding tert-OH is 1. The fraction of sp³-hybridized carbons (Fsp3) is 0.320. The molecule has 0 amide bonds. The minimum atomic E-state index is -1.17. The van der Waals surface area contributed by atoms with E-state index >= 15 is 0 Å². The van der Waals surface area contributed by atoms with Crippen LogP contribution in [-0.2, 0) is 12.2 Å². The Bertz CT molecular complexity index is 1110. The molecule has 1 aliphatic heterocycles. The summed E-state index contributed by atoms with van der Waals surface area (Å²) in [5, 5.41) is 22.6. The van der Waals surface area contributed by atoms with Gasteiger partial charge in [0.25, 0.3) is 0 Å². The summed E-state index contributed by atoms with van der Waals surface area (Å²) in [6.45, 7) is 4.13. The first-order chi connectivity index (χ1) is 15.8. The smallest absolute Gasteiger partial charge is 0.116 e. The number of nitrogens with zero attached hydrogens (tertiary/aromatic N) is 3. The minimum Gasteiger partial charge on any atom is -0.390 e. The Hall–Kier alpha value is -1.86. The molecule has 1 aliphatic rings. The number of halogens is 3. The Balaban J connectivity index is 1.61. The molecule has 0 unspecified atom stereocenters. The van der Waals surface area contributed by atoms with Crippen molar-refractivity contribution in [2.24, 2.45) is 0 Å². The Morgan fingerprint density at radius 3 is 2.42 bits per heavy atom. The van der Waals surface area contributed by atoms with Crippen LogP contribution in [0.5, 0.6) is 0 Å². The van der Waals surface area contributed by atoms with Crippen molar-refractivity contribution in [3.05, 3.63) is 92.7 Å². The SMILES string of the molecule is C[C@@](O)(CN1CCN(c2ccc(Cl)cc2Cl)[C@H](c2ccc(Cl)cc2)C1)c1cccc(CO)n1. The summed E-state index contributed by atoms with van der Waals surface area (Å²) in [7, 11) is 0. The lowest BCUT2D eigenvalue weighted by atomic mass is 9.97. The van der Waals surface area contributed by atoms with E-state index in [0.717, 1.165) is 24.3 Å². The quantitative estimate of drug-likeness (QED) is 0.475. The molecule has 0 saturated carbocycles. The van der Waals surface area contributed by atoms with Crippen LogP contribution in [0.1, 0.15) is 29.9 Å². The molecule has 2 atom stereocenters. The topological polar surface area (TPSA) is 59.8 Å². The monoisotopic (exact) mass is 505 g/mol. The third-order valence-electron chi connectivity index (χ3n) is 5.99. The van der Waals surface area contributed by atoms with Gasteiger partial charge in [-0.05, 0) is 55.0 Å². The summed E-state index contributed by atoms with van der Waals surface area (Å²) < 4.78 is 0. The number of aromatic nitrogens is 1. The van der Waals surface area contributed by atoms with Gasteiger partial charge < -0.3 is 15.1 Å². The van der Waals surface area contributed by atoms with Gasteiger partial charge in [0.2, 0.25) is 0 Å². The first kappa shape index (κ1) is 24.3. The maximum Gasteiger partial charge on any atom is 0.116 e. The van der Waals surface area contributed by atoms with Crippen molar-refractivity contribution in [2.45, 2.75) is 25.2 Å². The third-order valence-corrected chi connectivity index (χ3v) is 6.78. The van der Waals surface area contributed by atoms with Crippen LogP contribution in [0.15, 0.2) is 60.7 Å². The van der Waals surface area contributed by atoms with Gasteiger partial charge in [0.1, 0.15) is 5.60 Å². The lowest BCUT2D eigenvalue weighted by molar-refractivity contribution is 0.00648. The van der Waals surface area contributed by atoms with Crippen LogP contribution in [0.4, 0.5) is 5.69 Å². The van der Waals surface area contributed by atoms with E-state index in [1.54, 1.807) is 31.2 Å². The average Bonchev–Trinajstić information content (AvgIpc) is 2.80. The summed E-state index contributed by atoms with van der Waals surface area (Å²) in [6.07, 6.45) is 0. The maximum absolute atomic E-state index is 11.3. The highest BCUT2D eigenvalue weighted by Gasteiger charge is 2.34. The summed E-state index contributed by atoms with van der Waals surface area (Å²) in [4.78, 5) is 8.92. The average molecular weight is 507 g/mol. The van der Waals surface area contributed by atoms with Gasteiger partial charge in [-0.2, -0.15) is 0 Å². The van der Waals surface area contributed by atoms with E-state index in [-0.39, 0.29) is 12.6 Å². The highest BCUT2D eigenvalue weighted by molar-refractivity contribution is 6.36. The maximum atomic E-state index is 11.3. The number of aliphatic hydroxyl groups is 2. The number of pyridine rings is 1. The number of rotatable bonds is 6. The number of anilines is 1. The summed E-state index contributed by atoms with van der Waals surface area (Å²) in [5.41, 5.74) is 1.93. The minimum absolute atomic E-state index is 0.00206. The van der Waals surface area contributed by atoms with Gasteiger partial charge in [0.15, 0.2) is 0 Å². The van der Waals surface area contributed by atoms with Gasteiger partial charge in [-0.25, -0.2) is 0 Å². The number of piperazine rings is 1. The fourth-order valence-electron chi connectivity index (χ4n) is 4.34. The van der Waals surface area contributed by atoms with Crippen LogP contribution in [-0.4, -0.2) is 46.3 Å². The molecule has 174 valence electrons. The molecule has 33 heavy (non-hydrogen) atoms. The zero-order valence-corrected chi connectivity index (χ0v) is 20.5. The number of β-amino-alcohol motifs (C(OH)–C–C–N with tert-alkyl or cyclic N) is 1. The molecular formula is C25H26Cl3N3O2. The van der Waals surface area contributed by atoms with Crippen LogP contribution in [0.2, 0.25) is 15.1 Å². The van der Waals surface area contributed by atoms with Gasteiger partial charge in [-0.1, -0.05) is 53.0 Å². The van der Waals surface area contributed by atoms with Crippen molar-refractivity contribution in [1.29, 1.82) is 0 Å². The van der Waals surface area contributed by atoms with E-state index in [9.17, 15) is 10.2 Å². The Kier molecular flexibility index (Phi) is 7.49. The molecule has 0 radical (unpaired) electrons. The van der Waals surface area contributed by atoms with E-state index in [4.69, 9.17) is 34.8 Å². The Morgan fingerprint density at radius 2 is 1.73 bits per heavy atom. The van der Waals surface area contributed by atoms with Crippen molar-refractivity contribution in [3.8, 4) is 0 Å². The van der Waals surface area contributed by atoms with Crippen molar-refractivity contribution >= 4 is 40.5 Å². The molecule has 4 rings (SSSR count). The molecule has 2 heterocycles. The summed E-state index contributed by atoms with van der Waals surface area (Å²) >= 11 is 18.8. The first-order valence-corrected chi connectivity index (χ1v) is 11.9. The standard InChI is InChI=1S/C25H26Cl3N3O2/c1-25(33,24-4-2-3-20(15-32)29-24)16-30-11-12-31(22-10-9-19(27)13-21(22)28)23(14-30)17-5-7-18(26)8-6-17/h2-10,13,23,32-33H,11-12,14-16H2,1H3/t23-,25+/m0/s1. The largest absolute Gasteiger partial charge is 0.390 e. The molecule has 2 N–H and O–H groups in total. The van der Waals surface area contributed by atoms with Crippen molar-refractivity contribution in [2.75, 3.05) is 31.1 Å². The lowest BCUT2D eigenvalue weighted by Gasteiger charge is -2.45. The molecule has 2 aromatic carbocycles. The number of benzene rings is 2. The summed E-state index contributed by atoms with van der Waals surface area (Å²) in [5.74, 6) is 0. The normalized spacial score (nSPS) is 18.8. The molecule has 5 nitrogen and oxygen atoms in total.